The van der Waals surface area contributed by atoms with E-state index in [0.717, 1.165) is 5.56 Å². The van der Waals surface area contributed by atoms with Crippen LogP contribution in [-0.2, 0) is 6.42 Å². The second-order valence-electron chi connectivity index (χ2n) is 3.67. The number of nitrogens with zero attached hydrogens (tertiary/aromatic N) is 1. The summed E-state index contributed by atoms with van der Waals surface area (Å²) in [4.78, 5) is 15.6. The third kappa shape index (κ3) is 3.38. The van der Waals surface area contributed by atoms with Crippen molar-refractivity contribution in [3.05, 3.63) is 71.8 Å². The molecule has 0 aliphatic carbocycles. The van der Waals surface area contributed by atoms with Crippen molar-refractivity contribution >= 4 is 12.1 Å². The molecular weight excluding hydrogens is 210 g/mol. The first kappa shape index (κ1) is 11.3. The van der Waals surface area contributed by atoms with E-state index in [1.54, 1.807) is 18.3 Å². The highest BCUT2D eigenvalue weighted by Crippen LogP contribution is 2.01. The van der Waals surface area contributed by atoms with Gasteiger partial charge in [-0.05, 0) is 17.7 Å². The van der Waals surface area contributed by atoms with Crippen LogP contribution in [0, 0.1) is 0 Å². The summed E-state index contributed by atoms with van der Waals surface area (Å²) in [6.07, 6.45) is 2.34. The van der Waals surface area contributed by atoms with Gasteiger partial charge in [0.05, 0.1) is 0 Å². The van der Waals surface area contributed by atoms with Crippen molar-refractivity contribution in [2.24, 2.45) is 4.99 Å². The number of hydrogen-bond acceptors (Lipinski definition) is 1. The van der Waals surface area contributed by atoms with Crippen LogP contribution in [0.5, 0.6) is 0 Å². The molecule has 2 rings (SSSR count). The zero-order chi connectivity index (χ0) is 11.9. The Hall–Kier alpha value is -2.22. The lowest BCUT2D eigenvalue weighted by atomic mass is 10.2. The minimum Gasteiger partial charge on any atom is -0.267 e. The summed E-state index contributed by atoms with van der Waals surface area (Å²) in [5.74, 6) is -0.193. The van der Waals surface area contributed by atoms with Crippen LogP contribution in [0.4, 0.5) is 0 Å². The molecule has 0 aliphatic heterocycles. The van der Waals surface area contributed by atoms with E-state index in [2.05, 4.69) is 4.99 Å². The molecule has 0 unspecified atom stereocenters. The average Bonchev–Trinajstić information content (AvgIpc) is 2.41. The van der Waals surface area contributed by atoms with E-state index in [4.69, 9.17) is 0 Å². The summed E-state index contributed by atoms with van der Waals surface area (Å²) in [6, 6.07) is 19.0. The standard InChI is InChI=1S/C15H13NO/c17-15(14-9-5-2-6-10-14)16-12-11-13-7-3-1-4-8-13/h1-10,12H,11H2. The van der Waals surface area contributed by atoms with Crippen molar-refractivity contribution in [2.75, 3.05) is 0 Å². The molecule has 0 radical (unpaired) electrons. The van der Waals surface area contributed by atoms with Crippen LogP contribution in [0.2, 0.25) is 0 Å². The topological polar surface area (TPSA) is 29.4 Å². The van der Waals surface area contributed by atoms with Crippen molar-refractivity contribution in [3.8, 4) is 0 Å². The van der Waals surface area contributed by atoms with Gasteiger partial charge < -0.3 is 0 Å². The van der Waals surface area contributed by atoms with Gasteiger partial charge in [-0.25, -0.2) is 4.99 Å². The number of rotatable bonds is 3. The quantitative estimate of drug-likeness (QED) is 0.735. The van der Waals surface area contributed by atoms with E-state index >= 15 is 0 Å². The van der Waals surface area contributed by atoms with Crippen LogP contribution >= 0.6 is 0 Å². The number of benzene rings is 2. The first-order valence-corrected chi connectivity index (χ1v) is 5.52. The Kier molecular flexibility index (Phi) is 3.81. The van der Waals surface area contributed by atoms with Gasteiger partial charge in [0.1, 0.15) is 0 Å². The van der Waals surface area contributed by atoms with Crippen LogP contribution in [0.15, 0.2) is 65.7 Å². The lowest BCUT2D eigenvalue weighted by molar-refractivity contribution is 0.100. The number of carbonyl (C=O) groups is 1. The SMILES string of the molecule is O=C(N=CCc1ccccc1)c1ccccc1. The fraction of sp³-hybridized carbons (Fsp3) is 0.0667. The Bertz CT molecular complexity index is 503. The minimum atomic E-state index is -0.193. The molecule has 17 heavy (non-hydrogen) atoms. The predicted octanol–water partition coefficient (Wildman–Crippen LogP) is 3.14. The van der Waals surface area contributed by atoms with Crippen LogP contribution in [0.3, 0.4) is 0 Å². The Balaban J connectivity index is 1.96. The molecular formula is C15H13NO. The van der Waals surface area contributed by atoms with E-state index in [9.17, 15) is 4.79 Å². The number of carbonyl (C=O) groups excluding carboxylic acids is 1. The Morgan fingerprint density at radius 2 is 1.53 bits per heavy atom. The second-order valence-corrected chi connectivity index (χ2v) is 3.67. The third-order valence-corrected chi connectivity index (χ3v) is 2.40. The number of aliphatic imine (C=N–C) groups is 1. The first-order valence-electron chi connectivity index (χ1n) is 5.52. The fourth-order valence-corrected chi connectivity index (χ4v) is 1.50. The first-order chi connectivity index (χ1) is 8.36. The monoisotopic (exact) mass is 223 g/mol. The molecule has 0 saturated carbocycles. The largest absolute Gasteiger partial charge is 0.276 e. The van der Waals surface area contributed by atoms with Crippen molar-refractivity contribution < 1.29 is 4.79 Å². The molecule has 2 aromatic carbocycles. The second kappa shape index (κ2) is 5.75. The molecule has 0 aromatic heterocycles. The summed E-state index contributed by atoms with van der Waals surface area (Å²) in [5.41, 5.74) is 1.77. The molecule has 2 nitrogen and oxygen atoms in total. The molecule has 0 bridgehead atoms. The van der Waals surface area contributed by atoms with Gasteiger partial charge in [0.25, 0.3) is 5.91 Å². The summed E-state index contributed by atoms with van der Waals surface area (Å²) in [5, 5.41) is 0. The molecule has 84 valence electrons. The molecule has 2 aromatic rings. The lowest BCUT2D eigenvalue weighted by Gasteiger charge is -1.95. The van der Waals surface area contributed by atoms with Gasteiger partial charge >= 0.3 is 0 Å². The van der Waals surface area contributed by atoms with Crippen LogP contribution < -0.4 is 0 Å². The summed E-state index contributed by atoms with van der Waals surface area (Å²) >= 11 is 0. The van der Waals surface area contributed by atoms with E-state index in [0.29, 0.717) is 12.0 Å². The zero-order valence-corrected chi connectivity index (χ0v) is 9.41. The maximum atomic E-state index is 11.6. The molecule has 0 aliphatic rings. The van der Waals surface area contributed by atoms with Gasteiger partial charge in [0.15, 0.2) is 0 Å². The molecule has 0 N–H and O–H groups in total. The van der Waals surface area contributed by atoms with Crippen LogP contribution in [-0.4, -0.2) is 12.1 Å². The Morgan fingerprint density at radius 1 is 0.941 bits per heavy atom. The summed E-state index contributed by atoms with van der Waals surface area (Å²) < 4.78 is 0. The molecule has 1 amide bonds. The van der Waals surface area contributed by atoms with Crippen molar-refractivity contribution in [1.29, 1.82) is 0 Å². The van der Waals surface area contributed by atoms with Gasteiger partial charge in [0.2, 0.25) is 0 Å². The van der Waals surface area contributed by atoms with Crippen LogP contribution in [0.25, 0.3) is 0 Å². The highest BCUT2D eigenvalue weighted by Gasteiger charge is 1.99. The molecule has 0 spiro atoms. The van der Waals surface area contributed by atoms with E-state index < -0.39 is 0 Å². The van der Waals surface area contributed by atoms with Crippen molar-refractivity contribution in [1.82, 2.24) is 0 Å². The zero-order valence-electron chi connectivity index (χ0n) is 9.41. The Labute approximate surface area is 101 Å². The number of amides is 1. The Morgan fingerprint density at radius 3 is 2.18 bits per heavy atom. The van der Waals surface area contributed by atoms with Gasteiger partial charge in [-0.15, -0.1) is 0 Å². The molecule has 2 heteroatoms. The van der Waals surface area contributed by atoms with E-state index in [1.165, 1.54) is 0 Å². The normalized spacial score (nSPS) is 10.6. The smallest absolute Gasteiger partial charge is 0.267 e. The minimum absolute atomic E-state index is 0.193. The molecule has 0 heterocycles. The third-order valence-electron chi connectivity index (χ3n) is 2.40. The molecule has 0 saturated heterocycles. The molecule has 0 fully saturated rings. The van der Waals surface area contributed by atoms with Gasteiger partial charge in [0, 0.05) is 18.2 Å². The predicted molar refractivity (Wildman–Crippen MR) is 69.4 cm³/mol. The summed E-state index contributed by atoms with van der Waals surface area (Å²) in [7, 11) is 0. The number of hydrogen-bond donors (Lipinski definition) is 0. The van der Waals surface area contributed by atoms with Crippen molar-refractivity contribution in [2.45, 2.75) is 6.42 Å². The van der Waals surface area contributed by atoms with Gasteiger partial charge in [-0.2, -0.15) is 0 Å². The summed E-state index contributed by atoms with van der Waals surface area (Å²) in [6.45, 7) is 0. The highest BCUT2D eigenvalue weighted by molar-refractivity contribution is 5.99. The lowest BCUT2D eigenvalue weighted by Crippen LogP contribution is -1.96. The van der Waals surface area contributed by atoms with Gasteiger partial charge in [-0.1, -0.05) is 48.5 Å². The maximum absolute atomic E-state index is 11.6. The molecule has 0 atom stereocenters. The van der Waals surface area contributed by atoms with E-state index in [-0.39, 0.29) is 5.91 Å². The average molecular weight is 223 g/mol. The van der Waals surface area contributed by atoms with Crippen LogP contribution in [0.1, 0.15) is 15.9 Å². The fourth-order valence-electron chi connectivity index (χ4n) is 1.50. The van der Waals surface area contributed by atoms with E-state index in [1.807, 2.05) is 48.5 Å². The highest BCUT2D eigenvalue weighted by atomic mass is 16.1. The van der Waals surface area contributed by atoms with Gasteiger partial charge in [-0.3, -0.25) is 4.79 Å². The van der Waals surface area contributed by atoms with Crippen molar-refractivity contribution in [3.63, 3.8) is 0 Å². The maximum Gasteiger partial charge on any atom is 0.276 e.